The van der Waals surface area contributed by atoms with Gasteiger partial charge in [-0.05, 0) is 30.0 Å². The summed E-state index contributed by atoms with van der Waals surface area (Å²) in [7, 11) is 0. The highest BCUT2D eigenvalue weighted by Gasteiger charge is 2.04. The fourth-order valence-corrected chi connectivity index (χ4v) is 1.91. The summed E-state index contributed by atoms with van der Waals surface area (Å²) in [5.41, 5.74) is 8.04. The second-order valence-electron chi connectivity index (χ2n) is 4.42. The minimum Gasteiger partial charge on any atom is -0.399 e. The van der Waals surface area contributed by atoms with Gasteiger partial charge in [0.15, 0.2) is 0 Å². The van der Waals surface area contributed by atoms with Crippen molar-refractivity contribution in [3.05, 3.63) is 29.8 Å². The number of anilines is 1. The summed E-state index contributed by atoms with van der Waals surface area (Å²) in [6, 6.07) is 8.28. The molecule has 0 radical (unpaired) electrons. The van der Waals surface area contributed by atoms with Gasteiger partial charge in [-0.25, -0.2) is 0 Å². The average molecular weight is 205 g/mol. The van der Waals surface area contributed by atoms with E-state index in [0.29, 0.717) is 5.92 Å². The van der Waals surface area contributed by atoms with Crippen LogP contribution in [0, 0.1) is 0 Å². The van der Waals surface area contributed by atoms with Crippen LogP contribution in [0.3, 0.4) is 0 Å². The van der Waals surface area contributed by atoms with Gasteiger partial charge in [0.1, 0.15) is 0 Å². The van der Waals surface area contributed by atoms with Crippen molar-refractivity contribution in [2.24, 2.45) is 0 Å². The molecule has 2 N–H and O–H groups in total. The van der Waals surface area contributed by atoms with E-state index >= 15 is 0 Å². The van der Waals surface area contributed by atoms with Crippen LogP contribution in [0.1, 0.15) is 57.4 Å². The van der Waals surface area contributed by atoms with Crippen LogP contribution in [0.2, 0.25) is 0 Å². The van der Waals surface area contributed by atoms with E-state index in [0.717, 1.165) is 5.69 Å². The number of hydrogen-bond donors (Lipinski definition) is 1. The summed E-state index contributed by atoms with van der Waals surface area (Å²) < 4.78 is 0. The topological polar surface area (TPSA) is 26.0 Å². The van der Waals surface area contributed by atoms with Gasteiger partial charge < -0.3 is 5.73 Å². The molecule has 0 amide bonds. The Labute approximate surface area is 93.7 Å². The standard InChI is InChI=1S/C14H23N/c1-3-4-5-6-8-12(2)13-9-7-10-14(15)11-13/h7,9-12H,3-6,8,15H2,1-2H3. The van der Waals surface area contributed by atoms with E-state index in [1.54, 1.807) is 0 Å². The van der Waals surface area contributed by atoms with Gasteiger partial charge in [0, 0.05) is 5.69 Å². The van der Waals surface area contributed by atoms with Gasteiger partial charge >= 0.3 is 0 Å². The SMILES string of the molecule is CCCCCCC(C)c1cccc(N)c1. The van der Waals surface area contributed by atoms with Crippen molar-refractivity contribution in [3.63, 3.8) is 0 Å². The van der Waals surface area contributed by atoms with Gasteiger partial charge in [0.2, 0.25) is 0 Å². The summed E-state index contributed by atoms with van der Waals surface area (Å²) in [6.07, 6.45) is 6.66. The summed E-state index contributed by atoms with van der Waals surface area (Å²) in [5.74, 6) is 0.644. The molecule has 15 heavy (non-hydrogen) atoms. The zero-order valence-corrected chi connectivity index (χ0v) is 10.00. The van der Waals surface area contributed by atoms with Gasteiger partial charge in [0.05, 0.1) is 0 Å². The molecule has 1 nitrogen and oxygen atoms in total. The van der Waals surface area contributed by atoms with Crippen molar-refractivity contribution in [2.75, 3.05) is 5.73 Å². The van der Waals surface area contributed by atoms with E-state index < -0.39 is 0 Å². The van der Waals surface area contributed by atoms with Crippen LogP contribution >= 0.6 is 0 Å². The molecule has 1 heteroatoms. The first-order chi connectivity index (χ1) is 7.24. The van der Waals surface area contributed by atoms with Crippen molar-refractivity contribution >= 4 is 5.69 Å². The molecule has 0 saturated carbocycles. The predicted octanol–water partition coefficient (Wildman–Crippen LogP) is 4.34. The van der Waals surface area contributed by atoms with E-state index in [9.17, 15) is 0 Å². The Morgan fingerprint density at radius 3 is 2.67 bits per heavy atom. The Balaban J connectivity index is 2.36. The fraction of sp³-hybridized carbons (Fsp3) is 0.571. The lowest BCUT2D eigenvalue weighted by molar-refractivity contribution is 0.580. The monoisotopic (exact) mass is 205 g/mol. The van der Waals surface area contributed by atoms with E-state index in [1.807, 2.05) is 12.1 Å². The van der Waals surface area contributed by atoms with E-state index in [1.165, 1.54) is 37.7 Å². The van der Waals surface area contributed by atoms with Crippen molar-refractivity contribution in [2.45, 2.75) is 51.9 Å². The average Bonchev–Trinajstić information content (AvgIpc) is 2.24. The van der Waals surface area contributed by atoms with Gasteiger partial charge in [-0.3, -0.25) is 0 Å². The number of hydrogen-bond acceptors (Lipinski definition) is 1. The maximum atomic E-state index is 5.77. The van der Waals surface area contributed by atoms with E-state index in [2.05, 4.69) is 26.0 Å². The molecule has 1 rings (SSSR count). The molecular formula is C14H23N. The quantitative estimate of drug-likeness (QED) is 0.542. The Bertz CT molecular complexity index is 280. The van der Waals surface area contributed by atoms with Crippen LogP contribution in [-0.2, 0) is 0 Å². The number of nitrogen functional groups attached to an aromatic ring is 1. The van der Waals surface area contributed by atoms with Crippen LogP contribution in [-0.4, -0.2) is 0 Å². The second kappa shape index (κ2) is 6.49. The lowest BCUT2D eigenvalue weighted by atomic mass is 9.94. The third-order valence-electron chi connectivity index (χ3n) is 2.97. The molecular weight excluding hydrogens is 182 g/mol. The minimum absolute atomic E-state index is 0.644. The summed E-state index contributed by atoms with van der Waals surface area (Å²) in [4.78, 5) is 0. The van der Waals surface area contributed by atoms with Gasteiger partial charge in [-0.15, -0.1) is 0 Å². The van der Waals surface area contributed by atoms with Crippen molar-refractivity contribution < 1.29 is 0 Å². The highest BCUT2D eigenvalue weighted by atomic mass is 14.5. The van der Waals surface area contributed by atoms with E-state index in [4.69, 9.17) is 5.73 Å². The molecule has 0 aliphatic rings. The van der Waals surface area contributed by atoms with Crippen LogP contribution in [0.15, 0.2) is 24.3 Å². The Morgan fingerprint density at radius 1 is 1.20 bits per heavy atom. The maximum absolute atomic E-state index is 5.77. The normalized spacial score (nSPS) is 12.7. The van der Waals surface area contributed by atoms with Crippen LogP contribution in [0.5, 0.6) is 0 Å². The number of benzene rings is 1. The fourth-order valence-electron chi connectivity index (χ4n) is 1.91. The van der Waals surface area contributed by atoms with Crippen molar-refractivity contribution in [1.29, 1.82) is 0 Å². The number of nitrogens with two attached hydrogens (primary N) is 1. The summed E-state index contributed by atoms with van der Waals surface area (Å²) in [5, 5.41) is 0. The molecule has 0 aromatic heterocycles. The highest BCUT2D eigenvalue weighted by molar-refractivity contribution is 5.41. The zero-order chi connectivity index (χ0) is 11.1. The smallest absolute Gasteiger partial charge is 0.0316 e. The first-order valence-electron chi connectivity index (χ1n) is 6.09. The molecule has 0 saturated heterocycles. The molecule has 0 aliphatic heterocycles. The van der Waals surface area contributed by atoms with Crippen molar-refractivity contribution in [1.82, 2.24) is 0 Å². The summed E-state index contributed by atoms with van der Waals surface area (Å²) in [6.45, 7) is 4.54. The molecule has 0 spiro atoms. The maximum Gasteiger partial charge on any atom is 0.0316 e. The van der Waals surface area contributed by atoms with Crippen molar-refractivity contribution in [3.8, 4) is 0 Å². The molecule has 0 aliphatic carbocycles. The highest BCUT2D eigenvalue weighted by Crippen LogP contribution is 2.23. The van der Waals surface area contributed by atoms with Crippen LogP contribution in [0.4, 0.5) is 5.69 Å². The first-order valence-corrected chi connectivity index (χ1v) is 6.09. The third kappa shape index (κ3) is 4.37. The molecule has 1 aromatic rings. The van der Waals surface area contributed by atoms with Crippen LogP contribution in [0.25, 0.3) is 0 Å². The molecule has 84 valence electrons. The molecule has 0 bridgehead atoms. The Kier molecular flexibility index (Phi) is 5.23. The summed E-state index contributed by atoms with van der Waals surface area (Å²) >= 11 is 0. The molecule has 1 unspecified atom stereocenters. The second-order valence-corrected chi connectivity index (χ2v) is 4.42. The zero-order valence-electron chi connectivity index (χ0n) is 10.00. The molecule has 1 aromatic carbocycles. The first kappa shape index (κ1) is 12.1. The Morgan fingerprint density at radius 2 is 2.00 bits per heavy atom. The van der Waals surface area contributed by atoms with Gasteiger partial charge in [-0.1, -0.05) is 51.7 Å². The molecule has 0 fully saturated rings. The van der Waals surface area contributed by atoms with Gasteiger partial charge in [0.25, 0.3) is 0 Å². The van der Waals surface area contributed by atoms with E-state index in [-0.39, 0.29) is 0 Å². The predicted molar refractivity (Wildman–Crippen MR) is 68.0 cm³/mol. The minimum atomic E-state index is 0.644. The number of unbranched alkanes of at least 4 members (excludes halogenated alkanes) is 3. The lowest BCUT2D eigenvalue weighted by Crippen LogP contribution is -1.95. The third-order valence-corrected chi connectivity index (χ3v) is 2.97. The largest absolute Gasteiger partial charge is 0.399 e. The molecule has 1 atom stereocenters. The molecule has 0 heterocycles. The lowest BCUT2D eigenvalue weighted by Gasteiger charge is -2.12. The Hall–Kier alpha value is -0.980. The van der Waals surface area contributed by atoms with Gasteiger partial charge in [-0.2, -0.15) is 0 Å². The number of rotatable bonds is 6. The van der Waals surface area contributed by atoms with Crippen LogP contribution < -0.4 is 5.73 Å².